The summed E-state index contributed by atoms with van der Waals surface area (Å²) in [5.41, 5.74) is 6.09. The molecule has 0 saturated carbocycles. The summed E-state index contributed by atoms with van der Waals surface area (Å²) in [6.07, 6.45) is 3.82. The highest BCUT2D eigenvalue weighted by atomic mass is 35.5. The molecule has 0 unspecified atom stereocenters. The number of aromatic nitrogens is 1. The SMILES string of the molecule is CCc1csc(Cc2cc(C)c(N=CN(C)CC)cc2C)n1.Cl.Cl. The summed E-state index contributed by atoms with van der Waals surface area (Å²) in [5.74, 6) is 0. The Hall–Kier alpha value is -1.10. The number of benzene rings is 1. The van der Waals surface area contributed by atoms with E-state index >= 15 is 0 Å². The van der Waals surface area contributed by atoms with Crippen molar-refractivity contribution in [2.24, 2.45) is 4.99 Å². The third kappa shape index (κ3) is 6.08. The quantitative estimate of drug-likeness (QED) is 0.492. The molecule has 0 aliphatic carbocycles. The molecule has 0 N–H and O–H groups in total. The standard InChI is InChI=1S/C18H25N3S.2ClH/c1-6-16-11-22-18(20-16)10-15-8-14(4)17(9-13(15)3)19-12-21(5)7-2;;/h8-9,11-12H,6-7,10H2,1-5H3;2*1H. The van der Waals surface area contributed by atoms with Gasteiger partial charge in [-0.3, -0.25) is 0 Å². The predicted molar refractivity (Wildman–Crippen MR) is 111 cm³/mol. The van der Waals surface area contributed by atoms with Gasteiger partial charge in [0, 0.05) is 25.4 Å². The first kappa shape index (κ1) is 22.9. The van der Waals surface area contributed by atoms with E-state index < -0.39 is 0 Å². The van der Waals surface area contributed by atoms with Gasteiger partial charge in [0.25, 0.3) is 0 Å². The molecule has 0 saturated heterocycles. The minimum Gasteiger partial charge on any atom is -0.366 e. The average Bonchev–Trinajstić information content (AvgIpc) is 2.96. The molecule has 134 valence electrons. The van der Waals surface area contributed by atoms with Crippen molar-refractivity contribution in [3.63, 3.8) is 0 Å². The molecule has 0 aliphatic rings. The van der Waals surface area contributed by atoms with Crippen molar-refractivity contribution in [3.05, 3.63) is 44.9 Å². The van der Waals surface area contributed by atoms with Crippen LogP contribution in [0.25, 0.3) is 0 Å². The van der Waals surface area contributed by atoms with Crippen LogP contribution in [0.2, 0.25) is 0 Å². The van der Waals surface area contributed by atoms with E-state index in [-0.39, 0.29) is 24.8 Å². The molecular formula is C18H27Cl2N3S. The number of thiazole rings is 1. The maximum absolute atomic E-state index is 4.67. The second-order valence-electron chi connectivity index (χ2n) is 5.65. The maximum Gasteiger partial charge on any atom is 0.0972 e. The summed E-state index contributed by atoms with van der Waals surface area (Å²) >= 11 is 1.76. The Balaban J connectivity index is 0.00000264. The van der Waals surface area contributed by atoms with Crippen LogP contribution in [-0.2, 0) is 12.8 Å². The van der Waals surface area contributed by atoms with Crippen molar-refractivity contribution in [3.8, 4) is 0 Å². The van der Waals surface area contributed by atoms with Crippen molar-refractivity contribution in [1.82, 2.24) is 9.88 Å². The monoisotopic (exact) mass is 387 g/mol. The molecule has 0 amide bonds. The van der Waals surface area contributed by atoms with Gasteiger partial charge in [0.15, 0.2) is 0 Å². The summed E-state index contributed by atoms with van der Waals surface area (Å²) in [7, 11) is 2.04. The van der Waals surface area contributed by atoms with E-state index in [1.54, 1.807) is 11.3 Å². The molecule has 2 rings (SSSR count). The molecule has 1 heterocycles. The van der Waals surface area contributed by atoms with Gasteiger partial charge < -0.3 is 4.90 Å². The van der Waals surface area contributed by atoms with Crippen molar-refractivity contribution < 1.29 is 0 Å². The number of nitrogens with zero attached hydrogens (tertiary/aromatic N) is 3. The van der Waals surface area contributed by atoms with E-state index in [2.05, 4.69) is 60.1 Å². The lowest BCUT2D eigenvalue weighted by molar-refractivity contribution is 0.552. The van der Waals surface area contributed by atoms with Crippen molar-refractivity contribution >= 4 is 48.2 Å². The summed E-state index contributed by atoms with van der Waals surface area (Å²) in [5, 5.41) is 3.36. The first-order chi connectivity index (χ1) is 10.5. The first-order valence-electron chi connectivity index (χ1n) is 7.81. The minimum absolute atomic E-state index is 0. The fourth-order valence-corrected chi connectivity index (χ4v) is 3.09. The minimum atomic E-state index is 0. The lowest BCUT2D eigenvalue weighted by Crippen LogP contribution is -2.14. The molecule has 0 atom stereocenters. The van der Waals surface area contributed by atoms with Crippen molar-refractivity contribution in [1.29, 1.82) is 0 Å². The molecule has 6 heteroatoms. The molecule has 24 heavy (non-hydrogen) atoms. The van der Waals surface area contributed by atoms with E-state index in [0.717, 1.165) is 25.1 Å². The second kappa shape index (κ2) is 10.7. The maximum atomic E-state index is 4.67. The molecule has 3 nitrogen and oxygen atoms in total. The second-order valence-corrected chi connectivity index (χ2v) is 6.59. The van der Waals surface area contributed by atoms with E-state index in [1.165, 1.54) is 27.4 Å². The summed E-state index contributed by atoms with van der Waals surface area (Å²) < 4.78 is 0. The zero-order chi connectivity index (χ0) is 16.1. The highest BCUT2D eigenvalue weighted by molar-refractivity contribution is 7.09. The van der Waals surface area contributed by atoms with E-state index in [9.17, 15) is 0 Å². The number of halogens is 2. The number of hydrogen-bond acceptors (Lipinski definition) is 3. The van der Waals surface area contributed by atoms with Crippen LogP contribution in [0.4, 0.5) is 5.69 Å². The third-order valence-electron chi connectivity index (χ3n) is 3.85. The molecule has 0 fully saturated rings. The van der Waals surface area contributed by atoms with Crippen LogP contribution < -0.4 is 0 Å². The van der Waals surface area contributed by atoms with Crippen LogP contribution in [0.15, 0.2) is 22.5 Å². The highest BCUT2D eigenvalue weighted by Gasteiger charge is 2.08. The Morgan fingerprint density at radius 1 is 1.17 bits per heavy atom. The van der Waals surface area contributed by atoms with Gasteiger partial charge in [-0.25, -0.2) is 9.98 Å². The van der Waals surface area contributed by atoms with Gasteiger partial charge in [0.05, 0.1) is 22.7 Å². The van der Waals surface area contributed by atoms with Gasteiger partial charge in [-0.05, 0) is 49.9 Å². The molecule has 2 aromatic rings. The fourth-order valence-electron chi connectivity index (χ4n) is 2.19. The summed E-state index contributed by atoms with van der Waals surface area (Å²) in [6.45, 7) is 9.51. The van der Waals surface area contributed by atoms with Crippen molar-refractivity contribution in [2.45, 2.75) is 40.5 Å². The molecule has 0 radical (unpaired) electrons. The van der Waals surface area contributed by atoms with Crippen LogP contribution in [0.3, 0.4) is 0 Å². The number of rotatable bonds is 6. The zero-order valence-electron chi connectivity index (χ0n) is 15.0. The van der Waals surface area contributed by atoms with Crippen LogP contribution >= 0.6 is 36.2 Å². The van der Waals surface area contributed by atoms with Crippen LogP contribution in [0, 0.1) is 13.8 Å². The van der Waals surface area contributed by atoms with Gasteiger partial charge in [0.1, 0.15) is 0 Å². The third-order valence-corrected chi connectivity index (χ3v) is 4.75. The lowest BCUT2D eigenvalue weighted by atomic mass is 10.0. The summed E-state index contributed by atoms with van der Waals surface area (Å²) in [4.78, 5) is 11.3. The van der Waals surface area contributed by atoms with Crippen LogP contribution in [-0.4, -0.2) is 29.8 Å². The first-order valence-corrected chi connectivity index (χ1v) is 8.69. The zero-order valence-corrected chi connectivity index (χ0v) is 17.4. The van der Waals surface area contributed by atoms with Gasteiger partial charge in [-0.1, -0.05) is 13.0 Å². The van der Waals surface area contributed by atoms with Crippen LogP contribution in [0.5, 0.6) is 0 Å². The Labute approximate surface area is 162 Å². The smallest absolute Gasteiger partial charge is 0.0972 e. The Bertz CT molecular complexity index is 668. The lowest BCUT2D eigenvalue weighted by Gasteiger charge is -2.11. The van der Waals surface area contributed by atoms with E-state index in [4.69, 9.17) is 0 Å². The van der Waals surface area contributed by atoms with Gasteiger partial charge >= 0.3 is 0 Å². The number of aliphatic imine (C=N–C) groups is 1. The largest absolute Gasteiger partial charge is 0.366 e. The molecule has 0 bridgehead atoms. The topological polar surface area (TPSA) is 28.5 Å². The normalized spacial score (nSPS) is 10.4. The Kier molecular flexibility index (Phi) is 10.2. The highest BCUT2D eigenvalue weighted by Crippen LogP contribution is 2.25. The number of aryl methyl sites for hydroxylation is 3. The molecular weight excluding hydrogens is 361 g/mol. The van der Waals surface area contributed by atoms with Crippen LogP contribution in [0.1, 0.15) is 41.2 Å². The summed E-state index contributed by atoms with van der Waals surface area (Å²) in [6, 6.07) is 4.43. The van der Waals surface area contributed by atoms with Gasteiger partial charge in [-0.2, -0.15) is 0 Å². The molecule has 0 spiro atoms. The Morgan fingerprint density at radius 3 is 2.46 bits per heavy atom. The molecule has 0 aliphatic heterocycles. The predicted octanol–water partition coefficient (Wildman–Crippen LogP) is 5.37. The fraction of sp³-hybridized carbons (Fsp3) is 0.444. The number of hydrogen-bond donors (Lipinski definition) is 0. The van der Waals surface area contributed by atoms with E-state index in [0.29, 0.717) is 0 Å². The van der Waals surface area contributed by atoms with E-state index in [1.807, 2.05) is 13.4 Å². The average molecular weight is 388 g/mol. The van der Waals surface area contributed by atoms with Gasteiger partial charge in [0.2, 0.25) is 0 Å². The van der Waals surface area contributed by atoms with Gasteiger partial charge in [-0.15, -0.1) is 36.2 Å². The molecule has 1 aromatic heterocycles. The Morgan fingerprint density at radius 2 is 1.88 bits per heavy atom. The molecule has 1 aromatic carbocycles. The van der Waals surface area contributed by atoms with Crippen molar-refractivity contribution in [2.75, 3.05) is 13.6 Å².